The van der Waals surface area contributed by atoms with Gasteiger partial charge in [0.1, 0.15) is 5.82 Å². The molecule has 0 radical (unpaired) electrons. The molecule has 1 saturated carbocycles. The molecule has 2 N–H and O–H groups in total. The molecule has 1 atom stereocenters. The summed E-state index contributed by atoms with van der Waals surface area (Å²) in [6, 6.07) is 15.6. The van der Waals surface area contributed by atoms with Crippen molar-refractivity contribution < 1.29 is 14.0 Å². The Hall–Kier alpha value is -2.69. The van der Waals surface area contributed by atoms with Gasteiger partial charge in [0.25, 0.3) is 5.91 Å². The molecule has 2 amide bonds. The lowest BCUT2D eigenvalue weighted by Crippen LogP contribution is -2.45. The predicted octanol–water partition coefficient (Wildman–Crippen LogP) is 3.47. The van der Waals surface area contributed by atoms with Crippen LogP contribution in [0.5, 0.6) is 0 Å². The van der Waals surface area contributed by atoms with E-state index in [1.54, 1.807) is 0 Å². The number of amides is 2. The van der Waals surface area contributed by atoms with Gasteiger partial charge in [-0.3, -0.25) is 9.59 Å². The van der Waals surface area contributed by atoms with E-state index in [4.69, 9.17) is 0 Å². The van der Waals surface area contributed by atoms with Crippen molar-refractivity contribution in [3.63, 3.8) is 0 Å². The highest BCUT2D eigenvalue weighted by Gasteiger charge is 2.26. The van der Waals surface area contributed by atoms with Crippen LogP contribution in [0, 0.1) is 11.7 Å². The van der Waals surface area contributed by atoms with E-state index < -0.39 is 11.7 Å². The summed E-state index contributed by atoms with van der Waals surface area (Å²) in [5.74, 6) is -0.679. The third kappa shape index (κ3) is 5.64. The quantitative estimate of drug-likeness (QED) is 0.786. The van der Waals surface area contributed by atoms with E-state index in [0.29, 0.717) is 5.92 Å². The Bertz CT molecular complexity index is 773. The zero-order valence-electron chi connectivity index (χ0n) is 15.3. The lowest BCUT2D eigenvalue weighted by Gasteiger charge is -2.25. The summed E-state index contributed by atoms with van der Waals surface area (Å²) in [4.78, 5) is 24.5. The van der Waals surface area contributed by atoms with Gasteiger partial charge in [0.15, 0.2) is 0 Å². The molecule has 2 aromatic rings. The molecule has 1 fully saturated rings. The Morgan fingerprint density at radius 3 is 2.48 bits per heavy atom. The standard InChI is InChI=1S/C22H25FN2O2/c23-19-12-6-11-18(14-19)22(27)24-15-21(26)25-20(17-9-4-5-10-17)13-16-7-2-1-3-8-16/h1-3,6-8,11-12,14,17,20H,4-5,9-10,13,15H2,(H,24,27)(H,25,26). The van der Waals surface area contributed by atoms with Crippen molar-refractivity contribution >= 4 is 11.8 Å². The van der Waals surface area contributed by atoms with Crippen LogP contribution >= 0.6 is 0 Å². The van der Waals surface area contributed by atoms with Crippen LogP contribution in [-0.2, 0) is 11.2 Å². The molecule has 5 heteroatoms. The van der Waals surface area contributed by atoms with Gasteiger partial charge in [-0.1, -0.05) is 49.2 Å². The Morgan fingerprint density at radius 2 is 1.78 bits per heavy atom. The van der Waals surface area contributed by atoms with Gasteiger partial charge in [0, 0.05) is 11.6 Å². The number of carbonyl (C=O) groups excluding carboxylic acids is 2. The molecule has 0 spiro atoms. The van der Waals surface area contributed by atoms with Crippen LogP contribution in [-0.4, -0.2) is 24.4 Å². The van der Waals surface area contributed by atoms with Crippen molar-refractivity contribution in [1.82, 2.24) is 10.6 Å². The number of hydrogen-bond donors (Lipinski definition) is 2. The maximum atomic E-state index is 13.2. The summed E-state index contributed by atoms with van der Waals surface area (Å²) < 4.78 is 13.2. The second kappa shape index (κ2) is 9.31. The Morgan fingerprint density at radius 1 is 1.04 bits per heavy atom. The Kier molecular flexibility index (Phi) is 6.58. The molecular weight excluding hydrogens is 343 g/mol. The molecule has 1 unspecified atom stereocenters. The van der Waals surface area contributed by atoms with Crippen LogP contribution in [0.15, 0.2) is 54.6 Å². The lowest BCUT2D eigenvalue weighted by molar-refractivity contribution is -0.121. The first-order chi connectivity index (χ1) is 13.1. The molecule has 0 bridgehead atoms. The third-order valence-electron chi connectivity index (χ3n) is 5.11. The average molecular weight is 368 g/mol. The van der Waals surface area contributed by atoms with E-state index in [-0.39, 0.29) is 24.1 Å². The van der Waals surface area contributed by atoms with E-state index in [0.717, 1.165) is 25.3 Å². The van der Waals surface area contributed by atoms with E-state index >= 15 is 0 Å². The van der Waals surface area contributed by atoms with Crippen molar-refractivity contribution in [1.29, 1.82) is 0 Å². The highest BCUT2D eigenvalue weighted by Crippen LogP contribution is 2.29. The first kappa shape index (κ1) is 19.1. The van der Waals surface area contributed by atoms with Crippen molar-refractivity contribution in [2.24, 2.45) is 5.92 Å². The van der Waals surface area contributed by atoms with Gasteiger partial charge < -0.3 is 10.6 Å². The van der Waals surface area contributed by atoms with Gasteiger partial charge >= 0.3 is 0 Å². The van der Waals surface area contributed by atoms with Gasteiger partial charge in [-0.15, -0.1) is 0 Å². The number of benzene rings is 2. The maximum Gasteiger partial charge on any atom is 0.251 e. The Balaban J connectivity index is 1.56. The molecule has 0 heterocycles. The molecule has 1 aliphatic carbocycles. The van der Waals surface area contributed by atoms with E-state index in [9.17, 15) is 14.0 Å². The highest BCUT2D eigenvalue weighted by molar-refractivity contribution is 5.96. The zero-order valence-corrected chi connectivity index (χ0v) is 15.3. The first-order valence-corrected chi connectivity index (χ1v) is 9.49. The van der Waals surface area contributed by atoms with Crippen LogP contribution < -0.4 is 10.6 Å². The van der Waals surface area contributed by atoms with Gasteiger partial charge in [0.2, 0.25) is 5.91 Å². The summed E-state index contributed by atoms with van der Waals surface area (Å²) in [6.07, 6.45) is 5.42. The smallest absolute Gasteiger partial charge is 0.251 e. The average Bonchev–Trinajstić information content (AvgIpc) is 3.21. The fraction of sp³-hybridized carbons (Fsp3) is 0.364. The second-order valence-electron chi connectivity index (χ2n) is 7.10. The number of nitrogens with one attached hydrogen (secondary N) is 2. The molecule has 2 aromatic carbocycles. The SMILES string of the molecule is O=C(CNC(=O)c1cccc(F)c1)NC(Cc1ccccc1)C1CCCC1. The zero-order chi connectivity index (χ0) is 19.1. The van der Waals surface area contributed by atoms with Crippen LogP contribution in [0.25, 0.3) is 0 Å². The van der Waals surface area contributed by atoms with E-state index in [1.807, 2.05) is 18.2 Å². The van der Waals surface area contributed by atoms with E-state index in [1.165, 1.54) is 36.6 Å². The minimum absolute atomic E-state index is 0.0634. The van der Waals surface area contributed by atoms with Crippen molar-refractivity contribution in [2.45, 2.75) is 38.1 Å². The first-order valence-electron chi connectivity index (χ1n) is 9.49. The molecule has 0 saturated heterocycles. The number of hydrogen-bond acceptors (Lipinski definition) is 2. The van der Waals surface area contributed by atoms with Gasteiger partial charge in [0.05, 0.1) is 6.54 Å². The summed E-state index contributed by atoms with van der Waals surface area (Å²) in [5.41, 5.74) is 1.40. The van der Waals surface area contributed by atoms with Gasteiger partial charge in [-0.05, 0) is 48.9 Å². The molecule has 0 aliphatic heterocycles. The third-order valence-corrected chi connectivity index (χ3v) is 5.11. The highest BCUT2D eigenvalue weighted by atomic mass is 19.1. The molecule has 0 aromatic heterocycles. The lowest BCUT2D eigenvalue weighted by atomic mass is 9.92. The molecular formula is C22H25FN2O2. The van der Waals surface area contributed by atoms with Crippen molar-refractivity contribution in [2.75, 3.05) is 6.54 Å². The Labute approximate surface area is 159 Å². The molecule has 1 aliphatic rings. The van der Waals surface area contributed by atoms with Crippen molar-refractivity contribution in [3.05, 3.63) is 71.5 Å². The topological polar surface area (TPSA) is 58.2 Å². The summed E-state index contributed by atoms with van der Waals surface area (Å²) in [6.45, 7) is -0.118. The summed E-state index contributed by atoms with van der Waals surface area (Å²) >= 11 is 0. The van der Waals surface area contributed by atoms with Gasteiger partial charge in [-0.2, -0.15) is 0 Å². The van der Waals surface area contributed by atoms with Crippen LogP contribution in [0.4, 0.5) is 4.39 Å². The molecule has 4 nitrogen and oxygen atoms in total. The van der Waals surface area contributed by atoms with Crippen molar-refractivity contribution in [3.8, 4) is 0 Å². The molecule has 27 heavy (non-hydrogen) atoms. The van der Waals surface area contributed by atoms with Crippen LogP contribution in [0.3, 0.4) is 0 Å². The number of carbonyl (C=O) groups is 2. The predicted molar refractivity (Wildman–Crippen MR) is 103 cm³/mol. The minimum Gasteiger partial charge on any atom is -0.351 e. The minimum atomic E-state index is -0.476. The largest absolute Gasteiger partial charge is 0.351 e. The molecule has 142 valence electrons. The number of halogens is 1. The summed E-state index contributed by atoms with van der Waals surface area (Å²) in [5, 5.41) is 5.67. The summed E-state index contributed by atoms with van der Waals surface area (Å²) in [7, 11) is 0. The normalized spacial score (nSPS) is 15.3. The van der Waals surface area contributed by atoms with Crippen LogP contribution in [0.1, 0.15) is 41.6 Å². The fourth-order valence-corrected chi connectivity index (χ4v) is 3.71. The monoisotopic (exact) mass is 368 g/mol. The second-order valence-corrected chi connectivity index (χ2v) is 7.10. The number of rotatable bonds is 7. The van der Waals surface area contributed by atoms with E-state index in [2.05, 4.69) is 22.8 Å². The maximum absolute atomic E-state index is 13.2. The van der Waals surface area contributed by atoms with Crippen LogP contribution in [0.2, 0.25) is 0 Å². The van der Waals surface area contributed by atoms with Gasteiger partial charge in [-0.25, -0.2) is 4.39 Å². The molecule has 3 rings (SSSR count). The fourth-order valence-electron chi connectivity index (χ4n) is 3.71.